The fourth-order valence-electron chi connectivity index (χ4n) is 3.23. The Morgan fingerprint density at radius 1 is 0.818 bits per heavy atom. The van der Waals surface area contributed by atoms with Crippen molar-refractivity contribution in [2.75, 3.05) is 29.0 Å². The number of rotatable bonds is 7. The predicted molar refractivity (Wildman–Crippen MR) is 134 cm³/mol. The van der Waals surface area contributed by atoms with Crippen LogP contribution in [0, 0.1) is 6.92 Å². The van der Waals surface area contributed by atoms with E-state index in [0.29, 0.717) is 11.5 Å². The van der Waals surface area contributed by atoms with E-state index in [4.69, 9.17) is 0 Å². The van der Waals surface area contributed by atoms with Gasteiger partial charge in [0, 0.05) is 42.8 Å². The molecule has 7 nitrogen and oxygen atoms in total. The van der Waals surface area contributed by atoms with Crippen molar-refractivity contribution in [3.63, 3.8) is 0 Å². The van der Waals surface area contributed by atoms with E-state index in [1.165, 1.54) is 6.33 Å². The third-order valence-corrected chi connectivity index (χ3v) is 6.46. The van der Waals surface area contributed by atoms with Crippen molar-refractivity contribution in [2.45, 2.75) is 11.8 Å². The summed E-state index contributed by atoms with van der Waals surface area (Å²) in [7, 11) is 0.351. The second-order valence-corrected chi connectivity index (χ2v) is 9.54. The maximum atomic E-state index is 12.6. The highest BCUT2D eigenvalue weighted by Crippen LogP contribution is 2.25. The van der Waals surface area contributed by atoms with Gasteiger partial charge in [-0.15, -0.1) is 0 Å². The number of aryl methyl sites for hydroxylation is 1. The smallest absolute Gasteiger partial charge is 0.261 e. The normalized spacial score (nSPS) is 11.1. The summed E-state index contributed by atoms with van der Waals surface area (Å²) in [5.74, 6) is 0.642. The molecule has 2 N–H and O–H groups in total. The molecule has 0 bridgehead atoms. The molecule has 8 heteroatoms. The molecule has 0 amide bonds. The van der Waals surface area contributed by atoms with E-state index in [9.17, 15) is 8.42 Å². The van der Waals surface area contributed by atoms with Crippen LogP contribution in [0.4, 0.5) is 22.9 Å². The first-order chi connectivity index (χ1) is 15.8. The van der Waals surface area contributed by atoms with Crippen LogP contribution in [0.15, 0.2) is 90.1 Å². The predicted octanol–water partition coefficient (Wildman–Crippen LogP) is 5.06. The topological polar surface area (TPSA) is 87.2 Å². The summed E-state index contributed by atoms with van der Waals surface area (Å²) in [6, 6.07) is 23.7. The van der Waals surface area contributed by atoms with Crippen molar-refractivity contribution in [1.29, 1.82) is 0 Å². The van der Waals surface area contributed by atoms with Gasteiger partial charge >= 0.3 is 0 Å². The molecule has 1 aromatic heterocycles. The largest absolute Gasteiger partial charge is 0.378 e. The van der Waals surface area contributed by atoms with Crippen LogP contribution >= 0.6 is 0 Å². The number of benzene rings is 3. The number of anilines is 4. The molecule has 4 aromatic rings. The maximum Gasteiger partial charge on any atom is 0.261 e. The Balaban J connectivity index is 1.48. The molecule has 33 heavy (non-hydrogen) atoms. The number of hydrogen-bond acceptors (Lipinski definition) is 6. The first kappa shape index (κ1) is 22.3. The lowest BCUT2D eigenvalue weighted by molar-refractivity contribution is 0.601. The summed E-state index contributed by atoms with van der Waals surface area (Å²) in [4.78, 5) is 11.0. The Bertz CT molecular complexity index is 1350. The molecule has 0 spiro atoms. The van der Waals surface area contributed by atoms with Crippen LogP contribution < -0.4 is 14.9 Å². The zero-order valence-corrected chi connectivity index (χ0v) is 19.5. The molecule has 168 valence electrons. The lowest BCUT2D eigenvalue weighted by Gasteiger charge is -2.14. The van der Waals surface area contributed by atoms with Gasteiger partial charge in [-0.1, -0.05) is 29.8 Å². The average Bonchev–Trinajstić information content (AvgIpc) is 2.81. The molecule has 0 fully saturated rings. The highest BCUT2D eigenvalue weighted by molar-refractivity contribution is 7.92. The van der Waals surface area contributed by atoms with E-state index in [1.54, 1.807) is 48.5 Å². The van der Waals surface area contributed by atoms with Crippen LogP contribution in [0.1, 0.15) is 5.56 Å². The van der Waals surface area contributed by atoms with E-state index in [2.05, 4.69) is 26.1 Å². The minimum Gasteiger partial charge on any atom is -0.378 e. The number of sulfonamides is 1. The SMILES string of the molecule is Cc1ccc(S(=O)(=O)Nc2ccc(Nc3cc(-c4cccc(N(C)C)c4)ncn3)cc2)cc1. The standard InChI is InChI=1S/C25H25N5O2S/c1-18-7-13-23(14-8-18)33(31,32)29-21-11-9-20(10-12-21)28-25-16-24(26-17-27-25)19-5-4-6-22(15-19)30(2)3/h4-17,29H,1-3H3,(H,26,27,28). The minimum absolute atomic E-state index is 0.224. The molecule has 0 aliphatic heterocycles. The molecule has 0 aliphatic carbocycles. The van der Waals surface area contributed by atoms with Gasteiger partial charge < -0.3 is 10.2 Å². The fourth-order valence-corrected chi connectivity index (χ4v) is 4.29. The van der Waals surface area contributed by atoms with Crippen molar-refractivity contribution in [1.82, 2.24) is 9.97 Å². The molecule has 0 saturated heterocycles. The minimum atomic E-state index is -3.64. The maximum absolute atomic E-state index is 12.6. The third-order valence-electron chi connectivity index (χ3n) is 5.07. The quantitative estimate of drug-likeness (QED) is 0.402. The molecule has 0 saturated carbocycles. The Labute approximate surface area is 194 Å². The van der Waals surface area contributed by atoms with E-state index >= 15 is 0 Å². The monoisotopic (exact) mass is 459 g/mol. The zero-order chi connectivity index (χ0) is 23.4. The fraction of sp³-hybridized carbons (Fsp3) is 0.120. The second-order valence-electron chi connectivity index (χ2n) is 7.85. The van der Waals surface area contributed by atoms with Crippen LogP contribution in [0.25, 0.3) is 11.3 Å². The molecule has 4 rings (SSSR count). The van der Waals surface area contributed by atoms with Crippen molar-refractivity contribution < 1.29 is 8.42 Å². The molecule has 0 aliphatic rings. The van der Waals surface area contributed by atoms with E-state index in [1.807, 2.05) is 50.2 Å². The van der Waals surface area contributed by atoms with Crippen molar-refractivity contribution in [3.05, 3.63) is 90.8 Å². The molecule has 0 unspecified atom stereocenters. The Kier molecular flexibility index (Phi) is 6.28. The van der Waals surface area contributed by atoms with Crippen molar-refractivity contribution in [3.8, 4) is 11.3 Å². The molecular formula is C25H25N5O2S. The van der Waals surface area contributed by atoms with Gasteiger partial charge in [0.05, 0.1) is 10.6 Å². The van der Waals surface area contributed by atoms with Gasteiger partial charge in [-0.2, -0.15) is 0 Å². The molecule has 0 radical (unpaired) electrons. The summed E-state index contributed by atoms with van der Waals surface area (Å²) >= 11 is 0. The van der Waals surface area contributed by atoms with Gasteiger partial charge in [0.15, 0.2) is 0 Å². The summed E-state index contributed by atoms with van der Waals surface area (Å²) in [6.45, 7) is 1.91. The van der Waals surface area contributed by atoms with Gasteiger partial charge in [0.2, 0.25) is 0 Å². The molecule has 1 heterocycles. The van der Waals surface area contributed by atoms with Crippen LogP contribution in [-0.4, -0.2) is 32.5 Å². The molecule has 3 aromatic carbocycles. The average molecular weight is 460 g/mol. The van der Waals surface area contributed by atoms with Gasteiger partial charge in [-0.3, -0.25) is 4.72 Å². The van der Waals surface area contributed by atoms with E-state index in [-0.39, 0.29) is 4.90 Å². The number of hydrogen-bond donors (Lipinski definition) is 2. The first-order valence-electron chi connectivity index (χ1n) is 10.4. The summed E-state index contributed by atoms with van der Waals surface area (Å²) < 4.78 is 27.8. The highest BCUT2D eigenvalue weighted by Gasteiger charge is 2.13. The number of nitrogens with one attached hydrogen (secondary N) is 2. The third kappa shape index (κ3) is 5.48. The van der Waals surface area contributed by atoms with Gasteiger partial charge in [0.25, 0.3) is 10.0 Å². The molecule has 0 atom stereocenters. The number of nitrogens with zero attached hydrogens (tertiary/aromatic N) is 3. The summed E-state index contributed by atoms with van der Waals surface area (Å²) in [5.41, 5.74) is 5.14. The van der Waals surface area contributed by atoms with Crippen LogP contribution in [-0.2, 0) is 10.0 Å². The first-order valence-corrected chi connectivity index (χ1v) is 11.8. The Morgan fingerprint density at radius 3 is 2.21 bits per heavy atom. The van der Waals surface area contributed by atoms with Crippen LogP contribution in [0.5, 0.6) is 0 Å². The van der Waals surface area contributed by atoms with Gasteiger partial charge in [0.1, 0.15) is 12.1 Å². The van der Waals surface area contributed by atoms with Crippen molar-refractivity contribution in [2.24, 2.45) is 0 Å². The molecular weight excluding hydrogens is 434 g/mol. The summed E-state index contributed by atoms with van der Waals surface area (Å²) in [6.07, 6.45) is 1.52. The van der Waals surface area contributed by atoms with E-state index < -0.39 is 10.0 Å². The summed E-state index contributed by atoms with van der Waals surface area (Å²) in [5, 5.41) is 3.24. The van der Waals surface area contributed by atoms with Crippen LogP contribution in [0.2, 0.25) is 0 Å². The Hall–Kier alpha value is -3.91. The number of aromatic nitrogens is 2. The lowest BCUT2D eigenvalue weighted by atomic mass is 10.1. The van der Waals surface area contributed by atoms with Crippen LogP contribution in [0.3, 0.4) is 0 Å². The van der Waals surface area contributed by atoms with Gasteiger partial charge in [-0.05, 0) is 55.5 Å². The van der Waals surface area contributed by atoms with Crippen molar-refractivity contribution >= 4 is 32.9 Å². The van der Waals surface area contributed by atoms with E-state index in [0.717, 1.165) is 28.2 Å². The second kappa shape index (κ2) is 9.30. The Morgan fingerprint density at radius 2 is 1.52 bits per heavy atom. The van der Waals surface area contributed by atoms with Gasteiger partial charge in [-0.25, -0.2) is 18.4 Å². The lowest BCUT2D eigenvalue weighted by Crippen LogP contribution is -2.12. The highest BCUT2D eigenvalue weighted by atomic mass is 32.2. The zero-order valence-electron chi connectivity index (χ0n) is 18.6.